The van der Waals surface area contributed by atoms with Gasteiger partial charge >= 0.3 is 0 Å². The Morgan fingerprint density at radius 2 is 0.656 bits per heavy atom. The number of nitrogens with zero attached hydrogens (tertiary/aromatic N) is 3. The van der Waals surface area contributed by atoms with Gasteiger partial charge in [0.2, 0.25) is 0 Å². The van der Waals surface area contributed by atoms with Gasteiger partial charge in [0, 0.05) is 54.5 Å². The summed E-state index contributed by atoms with van der Waals surface area (Å²) in [5, 5.41) is 14.9. The van der Waals surface area contributed by atoms with Gasteiger partial charge in [0.25, 0.3) is 0 Å². The zero-order chi connectivity index (χ0) is 59.3. The molecule has 5 heteroatoms. The summed E-state index contributed by atoms with van der Waals surface area (Å²) in [4.78, 5) is 0. The molecule has 0 radical (unpaired) electrons. The zero-order valence-corrected chi connectivity index (χ0v) is 50.2. The molecule has 0 saturated heterocycles. The number of fused-ring (bicyclic) bond motifs is 12. The molecule has 0 aliphatic rings. The molecule has 18 rings (SSSR count). The first kappa shape index (κ1) is 51.7. The van der Waals surface area contributed by atoms with Crippen molar-refractivity contribution in [3.8, 4) is 17.1 Å². The first-order valence-electron chi connectivity index (χ1n) is 31.1. The Labute approximate surface area is 521 Å². The smallest absolute Gasteiger partial charge is 0.180 e. The maximum Gasteiger partial charge on any atom is 0.180 e. The summed E-state index contributed by atoms with van der Waals surface area (Å²) in [7, 11) is -3.24. The Kier molecular flexibility index (Phi) is 11.8. The fourth-order valence-electron chi connectivity index (χ4n) is 15.7. The number of benzene rings is 14. The van der Waals surface area contributed by atoms with Crippen molar-refractivity contribution >= 4 is 116 Å². The van der Waals surface area contributed by atoms with Crippen molar-refractivity contribution in [3.63, 3.8) is 0 Å². The van der Waals surface area contributed by atoms with Gasteiger partial charge in [0.1, 0.15) is 11.2 Å². The Balaban J connectivity index is 0.883. The minimum Gasteiger partial charge on any atom is -0.456 e. The summed E-state index contributed by atoms with van der Waals surface area (Å²) in [6.45, 7) is 0. The van der Waals surface area contributed by atoms with Crippen molar-refractivity contribution in [2.24, 2.45) is 0 Å². The van der Waals surface area contributed by atoms with Crippen LogP contribution in [0.15, 0.2) is 350 Å². The molecule has 90 heavy (non-hydrogen) atoms. The van der Waals surface area contributed by atoms with Crippen LogP contribution in [0.1, 0.15) is 22.3 Å². The summed E-state index contributed by atoms with van der Waals surface area (Å²) in [5.41, 5.74) is 16.1. The molecule has 0 unspecified atom stereocenters. The minimum atomic E-state index is -3.24. The summed E-state index contributed by atoms with van der Waals surface area (Å²) in [6, 6.07) is 129. The summed E-state index contributed by atoms with van der Waals surface area (Å²) >= 11 is 0. The number of furan rings is 1. The molecule has 0 N–H and O–H groups in total. The van der Waals surface area contributed by atoms with Gasteiger partial charge in [-0.15, -0.1) is 0 Å². The molecule has 4 nitrogen and oxygen atoms in total. The van der Waals surface area contributed by atoms with Crippen LogP contribution < -0.4 is 20.7 Å². The molecule has 0 amide bonds. The van der Waals surface area contributed by atoms with E-state index in [9.17, 15) is 0 Å². The van der Waals surface area contributed by atoms with Gasteiger partial charge in [-0.05, 0) is 128 Å². The molecule has 0 fully saturated rings. The van der Waals surface area contributed by atoms with E-state index in [0.717, 1.165) is 66.7 Å². The van der Waals surface area contributed by atoms with Crippen LogP contribution in [0, 0.1) is 0 Å². The van der Waals surface area contributed by atoms with Crippen LogP contribution in [0.2, 0.25) is 0 Å². The van der Waals surface area contributed by atoms with E-state index in [0.29, 0.717) is 0 Å². The van der Waals surface area contributed by atoms with E-state index in [1.54, 1.807) is 0 Å². The average Bonchev–Trinajstić information content (AvgIpc) is 1.40. The van der Waals surface area contributed by atoms with Crippen LogP contribution in [-0.4, -0.2) is 21.8 Å². The molecule has 0 aliphatic carbocycles. The quantitative estimate of drug-likeness (QED) is 0.0937. The molecule has 0 saturated carbocycles. The number of hydrogen-bond acceptors (Lipinski definition) is 1. The maximum absolute atomic E-state index is 6.48. The Morgan fingerprint density at radius 3 is 1.29 bits per heavy atom. The second kappa shape index (κ2) is 20.6. The molecule has 18 aromatic rings. The molecular formula is C85H57N3OSi. The lowest BCUT2D eigenvalue weighted by Crippen LogP contribution is -2.74. The molecule has 422 valence electrons. The van der Waals surface area contributed by atoms with Crippen molar-refractivity contribution in [3.05, 3.63) is 368 Å². The highest BCUT2D eigenvalue weighted by molar-refractivity contribution is 7.20. The molecule has 14 aromatic carbocycles. The number of rotatable bonds is 11. The van der Waals surface area contributed by atoms with E-state index in [1.807, 2.05) is 6.07 Å². The third-order valence-electron chi connectivity index (χ3n) is 19.3. The van der Waals surface area contributed by atoms with Gasteiger partial charge in [-0.3, -0.25) is 0 Å². The van der Waals surface area contributed by atoms with Gasteiger partial charge in [0.05, 0.1) is 44.2 Å². The molecular weight excluding hydrogens is 1110 g/mol. The predicted octanol–water partition coefficient (Wildman–Crippen LogP) is 18.6. The lowest BCUT2D eigenvalue weighted by molar-refractivity contribution is 0.668. The number of para-hydroxylation sites is 5. The van der Waals surface area contributed by atoms with Crippen molar-refractivity contribution < 1.29 is 4.42 Å². The normalized spacial score (nSPS) is 12.2. The highest BCUT2D eigenvalue weighted by Gasteiger charge is 2.44. The summed E-state index contributed by atoms with van der Waals surface area (Å²) < 4.78 is 14.0. The van der Waals surface area contributed by atoms with Crippen LogP contribution in [-0.2, 0) is 5.41 Å². The highest BCUT2D eigenvalue weighted by Crippen LogP contribution is 2.48. The van der Waals surface area contributed by atoms with Crippen molar-refractivity contribution in [1.82, 2.24) is 13.7 Å². The topological polar surface area (TPSA) is 27.9 Å². The molecule has 4 aromatic heterocycles. The SMILES string of the molecule is c1ccc(C(c2ccccc2)(c2cccc(-n3c4ccccc4c4c(-n5c6ccccc6c6c([Si](c7ccccc7)(c7ccccc7)c7cccc(-n8c9ccccc9c9ccccc98)c7)cccc65)cccc43)c2)c2ccc3oc4ccccc4c3c2)cc1. The van der Waals surface area contributed by atoms with E-state index in [-0.39, 0.29) is 0 Å². The Bertz CT molecular complexity index is 5670. The van der Waals surface area contributed by atoms with Gasteiger partial charge < -0.3 is 18.1 Å². The highest BCUT2D eigenvalue weighted by atomic mass is 28.3. The summed E-state index contributed by atoms with van der Waals surface area (Å²) in [5.74, 6) is 0. The lowest BCUT2D eigenvalue weighted by Gasteiger charge is -2.37. The fourth-order valence-corrected chi connectivity index (χ4v) is 20.7. The third kappa shape index (κ3) is 7.54. The standard InChI is InChI=1S/C85H57N3OSi/c1-5-27-58(28-6-1)85(59-29-7-2-8-30-59,61-53-54-81-72(56-61)69-41-17-22-51-80(69)89-81)60-31-23-32-62(55-60)87-75-46-20-15-42-70(75)83-77(87)48-25-49-78(83)88-76-47-21-16-43-71(76)84-79(88)50-26-52-82(84)90(64-34-9-3-10-35-64,65-36-11-4-12-37-65)66-38-24-33-63(57-66)86-73-44-18-13-39-67(73)68-40-14-19-45-74(68)86/h1-57H. The van der Waals surface area contributed by atoms with Crippen LogP contribution in [0.4, 0.5) is 0 Å². The van der Waals surface area contributed by atoms with E-state index in [4.69, 9.17) is 4.42 Å². The molecule has 0 spiro atoms. The monoisotopic (exact) mass is 1160 g/mol. The lowest BCUT2D eigenvalue weighted by atomic mass is 9.65. The minimum absolute atomic E-state index is 0.722. The number of aromatic nitrogens is 3. The fraction of sp³-hybridized carbons (Fsp3) is 0.0118. The van der Waals surface area contributed by atoms with E-state index < -0.39 is 13.5 Å². The molecule has 0 bridgehead atoms. The molecule has 0 atom stereocenters. The van der Waals surface area contributed by atoms with E-state index >= 15 is 0 Å². The van der Waals surface area contributed by atoms with Gasteiger partial charge in [-0.25, -0.2) is 0 Å². The van der Waals surface area contributed by atoms with Crippen LogP contribution >= 0.6 is 0 Å². The molecule has 4 heterocycles. The first-order chi connectivity index (χ1) is 44.7. The van der Waals surface area contributed by atoms with Crippen LogP contribution in [0.3, 0.4) is 0 Å². The second-order valence-corrected chi connectivity index (χ2v) is 27.6. The predicted molar refractivity (Wildman–Crippen MR) is 379 cm³/mol. The molecule has 0 aliphatic heterocycles. The third-order valence-corrected chi connectivity index (χ3v) is 24.1. The van der Waals surface area contributed by atoms with Gasteiger partial charge in [0.15, 0.2) is 8.07 Å². The maximum atomic E-state index is 6.48. The van der Waals surface area contributed by atoms with E-state index in [2.05, 4.69) is 353 Å². The zero-order valence-electron chi connectivity index (χ0n) is 49.2. The van der Waals surface area contributed by atoms with Crippen LogP contribution in [0.25, 0.3) is 104 Å². The van der Waals surface area contributed by atoms with Crippen molar-refractivity contribution in [2.75, 3.05) is 0 Å². The van der Waals surface area contributed by atoms with Crippen LogP contribution in [0.5, 0.6) is 0 Å². The van der Waals surface area contributed by atoms with E-state index in [1.165, 1.54) is 80.7 Å². The van der Waals surface area contributed by atoms with Gasteiger partial charge in [-0.2, -0.15) is 0 Å². The second-order valence-electron chi connectivity index (χ2n) is 23.8. The number of hydrogen-bond donors (Lipinski definition) is 0. The Hall–Kier alpha value is -11.5. The van der Waals surface area contributed by atoms with Gasteiger partial charge in [-0.1, -0.05) is 261 Å². The van der Waals surface area contributed by atoms with Crippen molar-refractivity contribution in [2.45, 2.75) is 5.41 Å². The summed E-state index contributed by atoms with van der Waals surface area (Å²) in [6.07, 6.45) is 0. The average molecular weight is 1160 g/mol. The largest absolute Gasteiger partial charge is 0.456 e. The first-order valence-corrected chi connectivity index (χ1v) is 33.1. The Morgan fingerprint density at radius 1 is 0.244 bits per heavy atom. The van der Waals surface area contributed by atoms with Crippen molar-refractivity contribution in [1.29, 1.82) is 0 Å².